The number of carbonyl (C=O) groups excluding carboxylic acids is 2. The Balaban J connectivity index is 1.51. The van der Waals surface area contributed by atoms with Crippen molar-refractivity contribution in [3.05, 3.63) is 47.5 Å². The zero-order valence-corrected chi connectivity index (χ0v) is 17.6. The van der Waals surface area contributed by atoms with Gasteiger partial charge in [-0.2, -0.15) is 0 Å². The molecule has 0 radical (unpaired) electrons. The fraction of sp³-hybridized carbons (Fsp3) is 0.565. The molecule has 29 heavy (non-hydrogen) atoms. The topological polar surface area (TPSA) is 49.9 Å². The normalized spacial score (nSPS) is 22.0. The highest BCUT2D eigenvalue weighted by molar-refractivity contribution is 6.01. The monoisotopic (exact) mass is 402 g/mol. The third-order valence-corrected chi connectivity index (χ3v) is 5.60. The van der Waals surface area contributed by atoms with Gasteiger partial charge in [-0.15, -0.1) is 0 Å². The number of hydrogen-bond acceptors (Lipinski definition) is 4. The number of ether oxygens (including phenoxy) is 1. The molecule has 158 valence electrons. The SMILES string of the molecule is CN(CC1CCCN(CCc2ccc(F)cc2)C1)C(=O)C1=CC(=O)CC(C)(C)O1. The maximum atomic E-state index is 13.0. The van der Waals surface area contributed by atoms with Gasteiger partial charge in [-0.05, 0) is 63.3 Å². The van der Waals surface area contributed by atoms with Gasteiger partial charge in [0.2, 0.25) is 0 Å². The van der Waals surface area contributed by atoms with E-state index >= 15 is 0 Å². The first-order valence-corrected chi connectivity index (χ1v) is 10.4. The second-order valence-corrected chi connectivity index (χ2v) is 8.88. The molecule has 0 aromatic heterocycles. The summed E-state index contributed by atoms with van der Waals surface area (Å²) in [6, 6.07) is 6.68. The number of likely N-dealkylation sites (N-methyl/N-ethyl adjacent to an activating group) is 1. The molecule has 1 saturated heterocycles. The van der Waals surface area contributed by atoms with Crippen LogP contribution in [0.4, 0.5) is 4.39 Å². The van der Waals surface area contributed by atoms with Crippen LogP contribution in [0, 0.1) is 11.7 Å². The lowest BCUT2D eigenvalue weighted by atomic mass is 9.96. The van der Waals surface area contributed by atoms with Crippen LogP contribution in [0.15, 0.2) is 36.1 Å². The number of hydrogen-bond donors (Lipinski definition) is 0. The van der Waals surface area contributed by atoms with E-state index in [4.69, 9.17) is 4.74 Å². The van der Waals surface area contributed by atoms with Crippen molar-refractivity contribution >= 4 is 11.7 Å². The van der Waals surface area contributed by atoms with Crippen molar-refractivity contribution in [3.63, 3.8) is 0 Å². The van der Waals surface area contributed by atoms with Crippen molar-refractivity contribution in [3.8, 4) is 0 Å². The van der Waals surface area contributed by atoms with Gasteiger partial charge in [0.1, 0.15) is 11.4 Å². The summed E-state index contributed by atoms with van der Waals surface area (Å²) in [5.41, 5.74) is 0.495. The molecule has 0 saturated carbocycles. The molecule has 1 unspecified atom stereocenters. The molecule has 0 spiro atoms. The summed E-state index contributed by atoms with van der Waals surface area (Å²) in [7, 11) is 1.77. The zero-order chi connectivity index (χ0) is 21.0. The van der Waals surface area contributed by atoms with Gasteiger partial charge >= 0.3 is 0 Å². The molecule has 0 aliphatic carbocycles. The molecular weight excluding hydrogens is 371 g/mol. The van der Waals surface area contributed by atoms with E-state index in [0.29, 0.717) is 18.9 Å². The first-order valence-electron chi connectivity index (χ1n) is 10.4. The highest BCUT2D eigenvalue weighted by Gasteiger charge is 2.33. The van der Waals surface area contributed by atoms with Crippen LogP contribution in [0.1, 0.15) is 38.7 Å². The van der Waals surface area contributed by atoms with Gasteiger partial charge in [0.15, 0.2) is 11.5 Å². The van der Waals surface area contributed by atoms with Crippen LogP contribution < -0.4 is 0 Å². The zero-order valence-electron chi connectivity index (χ0n) is 17.6. The summed E-state index contributed by atoms with van der Waals surface area (Å²) in [6.45, 7) is 7.20. The Morgan fingerprint density at radius 3 is 2.72 bits per heavy atom. The van der Waals surface area contributed by atoms with E-state index in [1.165, 1.54) is 18.2 Å². The third-order valence-electron chi connectivity index (χ3n) is 5.60. The lowest BCUT2D eigenvalue weighted by molar-refractivity contribution is -0.137. The van der Waals surface area contributed by atoms with E-state index in [9.17, 15) is 14.0 Å². The number of nitrogens with zero attached hydrogens (tertiary/aromatic N) is 2. The molecule has 1 atom stereocenters. The number of piperidine rings is 1. The number of benzene rings is 1. The predicted molar refractivity (Wildman–Crippen MR) is 110 cm³/mol. The average Bonchev–Trinajstić information content (AvgIpc) is 2.65. The van der Waals surface area contributed by atoms with Gasteiger partial charge in [-0.3, -0.25) is 9.59 Å². The van der Waals surface area contributed by atoms with Crippen molar-refractivity contribution in [2.24, 2.45) is 5.92 Å². The second-order valence-electron chi connectivity index (χ2n) is 8.88. The van der Waals surface area contributed by atoms with Crippen LogP contribution >= 0.6 is 0 Å². The smallest absolute Gasteiger partial charge is 0.288 e. The minimum atomic E-state index is -0.639. The van der Waals surface area contributed by atoms with Crippen molar-refractivity contribution in [2.75, 3.05) is 33.2 Å². The number of allylic oxidation sites excluding steroid dienone is 1. The number of carbonyl (C=O) groups is 2. The van der Waals surface area contributed by atoms with Crippen LogP contribution in [-0.4, -0.2) is 60.3 Å². The maximum absolute atomic E-state index is 13.0. The summed E-state index contributed by atoms with van der Waals surface area (Å²) < 4.78 is 18.8. The molecule has 3 rings (SSSR count). The molecule has 2 aliphatic heterocycles. The van der Waals surface area contributed by atoms with Crippen molar-refractivity contribution in [2.45, 2.75) is 45.1 Å². The van der Waals surface area contributed by atoms with Gasteiger partial charge in [-0.25, -0.2) is 4.39 Å². The summed E-state index contributed by atoms with van der Waals surface area (Å²) >= 11 is 0. The Morgan fingerprint density at radius 1 is 1.31 bits per heavy atom. The van der Waals surface area contributed by atoms with Gasteiger partial charge in [-0.1, -0.05) is 12.1 Å². The van der Waals surface area contributed by atoms with Crippen LogP contribution in [0.25, 0.3) is 0 Å². The molecule has 2 aliphatic rings. The minimum Gasteiger partial charge on any atom is -0.481 e. The molecule has 1 fully saturated rings. The minimum absolute atomic E-state index is 0.0670. The number of halogens is 1. The fourth-order valence-electron chi connectivity index (χ4n) is 4.19. The van der Waals surface area contributed by atoms with E-state index in [1.807, 2.05) is 26.0 Å². The molecule has 0 N–H and O–H groups in total. The molecule has 1 aromatic rings. The second kappa shape index (κ2) is 9.08. The first-order chi connectivity index (χ1) is 13.7. The Labute approximate surface area is 172 Å². The van der Waals surface area contributed by atoms with Gasteiger partial charge in [0.25, 0.3) is 5.91 Å². The van der Waals surface area contributed by atoms with Crippen molar-refractivity contribution in [1.82, 2.24) is 9.80 Å². The molecular formula is C23H31FN2O3. The standard InChI is InChI=1S/C23H31FN2O3/c1-23(2)14-20(27)13-21(29-23)22(28)25(3)15-18-5-4-11-26(16-18)12-10-17-6-8-19(24)9-7-17/h6-9,13,18H,4-5,10-12,14-16H2,1-3H3. The lowest BCUT2D eigenvalue weighted by Crippen LogP contribution is -2.44. The van der Waals surface area contributed by atoms with Crippen LogP contribution in [0.2, 0.25) is 0 Å². The molecule has 2 heterocycles. The Kier molecular flexibility index (Phi) is 6.73. The molecule has 1 amide bonds. The lowest BCUT2D eigenvalue weighted by Gasteiger charge is -2.36. The average molecular weight is 403 g/mol. The van der Waals surface area contributed by atoms with Gasteiger partial charge in [0, 0.05) is 39.2 Å². The summed E-state index contributed by atoms with van der Waals surface area (Å²) in [6.07, 6.45) is 4.69. The van der Waals surface area contributed by atoms with E-state index in [-0.39, 0.29) is 23.3 Å². The van der Waals surface area contributed by atoms with E-state index in [1.54, 1.807) is 11.9 Å². The summed E-state index contributed by atoms with van der Waals surface area (Å²) in [4.78, 5) is 28.8. The van der Waals surface area contributed by atoms with E-state index in [0.717, 1.165) is 44.5 Å². The summed E-state index contributed by atoms with van der Waals surface area (Å²) in [5.74, 6) is 0.0374. The van der Waals surface area contributed by atoms with Crippen LogP contribution in [0.5, 0.6) is 0 Å². The molecule has 0 bridgehead atoms. The Morgan fingerprint density at radius 2 is 2.03 bits per heavy atom. The van der Waals surface area contributed by atoms with E-state index in [2.05, 4.69) is 4.90 Å². The van der Waals surface area contributed by atoms with Crippen molar-refractivity contribution < 1.29 is 18.7 Å². The van der Waals surface area contributed by atoms with Crippen LogP contribution in [0.3, 0.4) is 0 Å². The number of likely N-dealkylation sites (tertiary alicyclic amines) is 1. The van der Waals surface area contributed by atoms with E-state index < -0.39 is 5.60 Å². The van der Waals surface area contributed by atoms with Gasteiger partial charge in [0.05, 0.1) is 0 Å². The Hall–Kier alpha value is -2.21. The van der Waals surface area contributed by atoms with Crippen LogP contribution in [-0.2, 0) is 20.7 Å². The predicted octanol–water partition coefficient (Wildman–Crippen LogP) is 3.19. The van der Waals surface area contributed by atoms with Gasteiger partial charge < -0.3 is 14.5 Å². The quantitative estimate of drug-likeness (QED) is 0.733. The highest BCUT2D eigenvalue weighted by atomic mass is 19.1. The van der Waals surface area contributed by atoms with Crippen molar-refractivity contribution in [1.29, 1.82) is 0 Å². The highest BCUT2D eigenvalue weighted by Crippen LogP contribution is 2.26. The third kappa shape index (κ3) is 6.13. The maximum Gasteiger partial charge on any atom is 0.288 e. The number of rotatable bonds is 6. The first kappa shape index (κ1) is 21.5. The largest absolute Gasteiger partial charge is 0.481 e. The number of ketones is 1. The summed E-state index contributed by atoms with van der Waals surface area (Å²) in [5, 5.41) is 0. The molecule has 6 heteroatoms. The molecule has 5 nitrogen and oxygen atoms in total. The molecule has 1 aromatic carbocycles. The Bertz CT molecular complexity index is 773. The fourth-order valence-corrected chi connectivity index (χ4v) is 4.19. The number of amides is 1.